The van der Waals surface area contributed by atoms with Crippen LogP contribution in [0.3, 0.4) is 0 Å². The van der Waals surface area contributed by atoms with Crippen molar-refractivity contribution in [2.75, 3.05) is 20.3 Å². The van der Waals surface area contributed by atoms with Gasteiger partial charge in [-0.25, -0.2) is 17.9 Å². The van der Waals surface area contributed by atoms with E-state index in [1.807, 2.05) is 0 Å². The first-order valence-corrected chi connectivity index (χ1v) is 6.27. The Kier molecular flexibility index (Phi) is 4.62. The predicted octanol–water partition coefficient (Wildman–Crippen LogP) is 0.309. The van der Waals surface area contributed by atoms with Crippen LogP contribution in [0.1, 0.15) is 10.4 Å². The molecule has 0 heterocycles. The van der Waals surface area contributed by atoms with Gasteiger partial charge >= 0.3 is 5.97 Å². The third kappa shape index (κ3) is 3.81. The zero-order valence-electron chi connectivity index (χ0n) is 9.21. The minimum atomic E-state index is -3.68. The van der Waals surface area contributed by atoms with Crippen LogP contribution in [0.5, 0.6) is 0 Å². The standard InChI is InChI=1S/C10H13NO5S/c1-16-6-5-11-17(14,15)9-4-2-3-8(7-9)10(12)13/h2-4,7,11H,5-6H2,1H3,(H,12,13). The molecule has 0 aromatic heterocycles. The number of benzene rings is 1. The van der Waals surface area contributed by atoms with Gasteiger partial charge in [-0.3, -0.25) is 0 Å². The molecule has 0 amide bonds. The van der Waals surface area contributed by atoms with Gasteiger partial charge in [-0.15, -0.1) is 0 Å². The van der Waals surface area contributed by atoms with Gasteiger partial charge in [-0.1, -0.05) is 6.07 Å². The molecule has 0 radical (unpaired) electrons. The largest absolute Gasteiger partial charge is 0.478 e. The van der Waals surface area contributed by atoms with E-state index in [0.717, 1.165) is 6.07 Å². The van der Waals surface area contributed by atoms with Crippen LogP contribution in [-0.4, -0.2) is 39.8 Å². The second kappa shape index (κ2) is 5.76. The van der Waals surface area contributed by atoms with Crippen molar-refractivity contribution in [2.45, 2.75) is 4.90 Å². The predicted molar refractivity (Wildman–Crippen MR) is 60.5 cm³/mol. The molecular formula is C10H13NO5S. The van der Waals surface area contributed by atoms with E-state index in [2.05, 4.69) is 4.72 Å². The number of nitrogens with one attached hydrogen (secondary N) is 1. The molecule has 0 saturated heterocycles. The average Bonchev–Trinajstić information content (AvgIpc) is 2.29. The van der Waals surface area contributed by atoms with Gasteiger partial charge in [0.25, 0.3) is 0 Å². The summed E-state index contributed by atoms with van der Waals surface area (Å²) in [6.07, 6.45) is 0. The Morgan fingerprint density at radius 1 is 1.47 bits per heavy atom. The van der Waals surface area contributed by atoms with Crippen molar-refractivity contribution in [3.8, 4) is 0 Å². The lowest BCUT2D eigenvalue weighted by Crippen LogP contribution is -2.27. The van der Waals surface area contributed by atoms with Gasteiger partial charge in [0.1, 0.15) is 0 Å². The Labute approximate surface area is 99.3 Å². The highest BCUT2D eigenvalue weighted by Gasteiger charge is 2.15. The number of aromatic carboxylic acids is 1. The normalized spacial score (nSPS) is 11.4. The molecule has 0 unspecified atom stereocenters. The van der Waals surface area contributed by atoms with Crippen LogP contribution < -0.4 is 4.72 Å². The zero-order valence-corrected chi connectivity index (χ0v) is 10.0. The molecule has 0 fully saturated rings. The van der Waals surface area contributed by atoms with Crippen LogP contribution in [0.15, 0.2) is 29.2 Å². The highest BCUT2D eigenvalue weighted by atomic mass is 32.2. The fraction of sp³-hybridized carbons (Fsp3) is 0.300. The van der Waals surface area contributed by atoms with E-state index >= 15 is 0 Å². The minimum absolute atomic E-state index is 0.0698. The molecule has 1 aromatic rings. The van der Waals surface area contributed by atoms with Crippen molar-refractivity contribution in [3.05, 3.63) is 29.8 Å². The lowest BCUT2D eigenvalue weighted by molar-refractivity contribution is 0.0696. The smallest absolute Gasteiger partial charge is 0.335 e. The first kappa shape index (κ1) is 13.6. The van der Waals surface area contributed by atoms with Crippen LogP contribution in [0.25, 0.3) is 0 Å². The summed E-state index contributed by atoms with van der Waals surface area (Å²) < 4.78 is 30.5. The molecule has 0 aliphatic rings. The Hall–Kier alpha value is -1.44. The van der Waals surface area contributed by atoms with Crippen molar-refractivity contribution in [1.29, 1.82) is 0 Å². The third-order valence-electron chi connectivity index (χ3n) is 1.99. The molecule has 6 nitrogen and oxygen atoms in total. The van der Waals surface area contributed by atoms with Crippen molar-refractivity contribution >= 4 is 16.0 Å². The number of carbonyl (C=O) groups is 1. The van der Waals surface area contributed by atoms with Gasteiger partial charge in [0.15, 0.2) is 0 Å². The summed E-state index contributed by atoms with van der Waals surface area (Å²) in [7, 11) is -2.22. The molecule has 1 aromatic carbocycles. The van der Waals surface area contributed by atoms with Crippen LogP contribution in [0.2, 0.25) is 0 Å². The van der Waals surface area contributed by atoms with E-state index < -0.39 is 16.0 Å². The van der Waals surface area contributed by atoms with Crippen LogP contribution in [0.4, 0.5) is 0 Å². The zero-order chi connectivity index (χ0) is 12.9. The van der Waals surface area contributed by atoms with Gasteiger partial charge in [-0.2, -0.15) is 0 Å². The monoisotopic (exact) mass is 259 g/mol. The van der Waals surface area contributed by atoms with E-state index in [9.17, 15) is 13.2 Å². The average molecular weight is 259 g/mol. The van der Waals surface area contributed by atoms with Crippen LogP contribution >= 0.6 is 0 Å². The maximum Gasteiger partial charge on any atom is 0.335 e. The molecule has 1 rings (SSSR count). The summed E-state index contributed by atoms with van der Waals surface area (Å²) in [5, 5.41) is 8.75. The first-order chi connectivity index (χ1) is 7.97. The van der Waals surface area contributed by atoms with Crippen molar-refractivity contribution in [3.63, 3.8) is 0 Å². The lowest BCUT2D eigenvalue weighted by Gasteiger charge is -2.06. The number of ether oxygens (including phenoxy) is 1. The second-order valence-corrected chi connectivity index (χ2v) is 4.99. The summed E-state index contributed by atoms with van der Waals surface area (Å²) >= 11 is 0. The highest BCUT2D eigenvalue weighted by molar-refractivity contribution is 7.89. The van der Waals surface area contributed by atoms with E-state index in [-0.39, 0.29) is 23.6 Å². The van der Waals surface area contributed by atoms with Gasteiger partial charge in [0.05, 0.1) is 17.1 Å². The molecule has 0 bridgehead atoms. The molecule has 2 N–H and O–H groups in total. The summed E-state index contributed by atoms with van der Waals surface area (Å²) in [5.41, 5.74) is -0.0698. The van der Waals surface area contributed by atoms with E-state index in [0.29, 0.717) is 0 Å². The second-order valence-electron chi connectivity index (χ2n) is 3.22. The minimum Gasteiger partial charge on any atom is -0.478 e. The molecule has 0 spiro atoms. The van der Waals surface area contributed by atoms with Crippen LogP contribution in [-0.2, 0) is 14.8 Å². The fourth-order valence-corrected chi connectivity index (χ4v) is 2.22. The summed E-state index contributed by atoms with van der Waals surface area (Å²) in [5.74, 6) is -1.17. The van der Waals surface area contributed by atoms with Crippen molar-refractivity contribution in [2.24, 2.45) is 0 Å². The Balaban J connectivity index is 2.91. The molecule has 7 heteroatoms. The Morgan fingerprint density at radius 3 is 2.76 bits per heavy atom. The van der Waals surface area contributed by atoms with Crippen molar-refractivity contribution < 1.29 is 23.1 Å². The van der Waals surface area contributed by atoms with Gasteiger partial charge in [-0.05, 0) is 18.2 Å². The maximum atomic E-state index is 11.7. The number of carboxylic acids is 1. The summed E-state index contributed by atoms with van der Waals surface area (Å²) in [6.45, 7) is 0.383. The SMILES string of the molecule is COCCNS(=O)(=O)c1cccc(C(=O)O)c1. The Morgan fingerprint density at radius 2 is 2.18 bits per heavy atom. The first-order valence-electron chi connectivity index (χ1n) is 4.79. The molecule has 0 saturated carbocycles. The highest BCUT2D eigenvalue weighted by Crippen LogP contribution is 2.11. The van der Waals surface area contributed by atoms with E-state index in [1.165, 1.54) is 25.3 Å². The molecular weight excluding hydrogens is 246 g/mol. The van der Waals surface area contributed by atoms with Gasteiger partial charge in [0, 0.05) is 13.7 Å². The third-order valence-corrected chi connectivity index (χ3v) is 3.45. The van der Waals surface area contributed by atoms with Gasteiger partial charge in [0.2, 0.25) is 10.0 Å². The van der Waals surface area contributed by atoms with E-state index in [4.69, 9.17) is 9.84 Å². The van der Waals surface area contributed by atoms with Crippen molar-refractivity contribution in [1.82, 2.24) is 4.72 Å². The molecule has 0 aliphatic carbocycles. The molecule has 17 heavy (non-hydrogen) atoms. The van der Waals surface area contributed by atoms with Crippen LogP contribution in [0, 0.1) is 0 Å². The quantitative estimate of drug-likeness (QED) is 0.717. The number of hydrogen-bond acceptors (Lipinski definition) is 4. The Bertz CT molecular complexity index is 497. The number of methoxy groups -OCH3 is 1. The molecule has 0 aliphatic heterocycles. The number of sulfonamides is 1. The molecule has 94 valence electrons. The fourth-order valence-electron chi connectivity index (χ4n) is 1.16. The van der Waals surface area contributed by atoms with E-state index in [1.54, 1.807) is 0 Å². The number of hydrogen-bond donors (Lipinski definition) is 2. The summed E-state index contributed by atoms with van der Waals surface area (Å²) in [4.78, 5) is 10.6. The summed E-state index contributed by atoms with van der Waals surface area (Å²) in [6, 6.07) is 5.16. The topological polar surface area (TPSA) is 92.7 Å². The maximum absolute atomic E-state index is 11.7. The number of rotatable bonds is 6. The van der Waals surface area contributed by atoms with Gasteiger partial charge < -0.3 is 9.84 Å². The molecule has 0 atom stereocenters. The lowest BCUT2D eigenvalue weighted by atomic mass is 10.2. The number of carboxylic acid groups (broad SMARTS) is 1.